The van der Waals surface area contributed by atoms with Gasteiger partial charge in [0.2, 0.25) is 0 Å². The third-order valence-corrected chi connectivity index (χ3v) is 2.42. The Morgan fingerprint density at radius 1 is 1.44 bits per heavy atom. The smallest absolute Gasteiger partial charge is 0.135 e. The second kappa shape index (κ2) is 3.22. The van der Waals surface area contributed by atoms with E-state index in [9.17, 15) is 4.79 Å². The standard InChI is InChI=1S/C6H11NOS/c1-9-7-4-2-6(8)3-5-7/h2-5H2,1H3. The second-order valence-electron chi connectivity index (χ2n) is 2.15. The van der Waals surface area contributed by atoms with Crippen LogP contribution in [0.25, 0.3) is 0 Å². The van der Waals surface area contributed by atoms with Crippen molar-refractivity contribution < 1.29 is 4.79 Å². The van der Waals surface area contributed by atoms with Crippen molar-refractivity contribution >= 4 is 17.7 Å². The summed E-state index contributed by atoms with van der Waals surface area (Å²) >= 11 is 1.73. The normalized spacial score (nSPS) is 22.6. The minimum atomic E-state index is 0.417. The lowest BCUT2D eigenvalue weighted by Crippen LogP contribution is -2.27. The van der Waals surface area contributed by atoms with Crippen LogP contribution in [0.1, 0.15) is 12.8 Å². The molecule has 0 aromatic carbocycles. The van der Waals surface area contributed by atoms with Crippen LogP contribution in [0.3, 0.4) is 0 Å². The number of Topliss-reactive ketones (excluding diaryl/α,β-unsaturated/α-hetero) is 1. The average molecular weight is 145 g/mol. The molecule has 0 atom stereocenters. The number of rotatable bonds is 1. The van der Waals surface area contributed by atoms with E-state index in [0.29, 0.717) is 5.78 Å². The maximum absolute atomic E-state index is 10.7. The predicted molar refractivity (Wildman–Crippen MR) is 39.3 cm³/mol. The molecule has 0 N–H and O–H groups in total. The highest BCUT2D eigenvalue weighted by Gasteiger charge is 2.13. The summed E-state index contributed by atoms with van der Waals surface area (Å²) in [7, 11) is 0. The lowest BCUT2D eigenvalue weighted by Gasteiger charge is -2.22. The molecular weight excluding hydrogens is 134 g/mol. The number of piperidine rings is 1. The van der Waals surface area contributed by atoms with Crippen LogP contribution in [-0.4, -0.2) is 29.4 Å². The summed E-state index contributed by atoms with van der Waals surface area (Å²) in [6.45, 7) is 1.89. The molecule has 52 valence electrons. The van der Waals surface area contributed by atoms with Gasteiger partial charge in [-0.05, 0) is 6.26 Å². The van der Waals surface area contributed by atoms with E-state index in [2.05, 4.69) is 10.6 Å². The molecule has 3 heteroatoms. The quantitative estimate of drug-likeness (QED) is 0.512. The van der Waals surface area contributed by atoms with Crippen molar-refractivity contribution in [3.05, 3.63) is 0 Å². The summed E-state index contributed by atoms with van der Waals surface area (Å²) in [6.07, 6.45) is 3.55. The van der Waals surface area contributed by atoms with Gasteiger partial charge in [-0.1, -0.05) is 11.9 Å². The first-order chi connectivity index (χ1) is 4.33. The number of hydrogen-bond acceptors (Lipinski definition) is 3. The van der Waals surface area contributed by atoms with E-state index >= 15 is 0 Å². The van der Waals surface area contributed by atoms with Crippen molar-refractivity contribution in [1.82, 2.24) is 4.31 Å². The number of carbonyl (C=O) groups is 1. The molecule has 0 aliphatic carbocycles. The summed E-state index contributed by atoms with van der Waals surface area (Å²) in [5, 5.41) is 0. The molecule has 1 aliphatic heterocycles. The monoisotopic (exact) mass is 145 g/mol. The van der Waals surface area contributed by atoms with Crippen LogP contribution in [0.2, 0.25) is 0 Å². The minimum Gasteiger partial charge on any atom is -0.300 e. The highest BCUT2D eigenvalue weighted by Crippen LogP contribution is 2.12. The number of nitrogens with zero attached hydrogens (tertiary/aromatic N) is 1. The minimum absolute atomic E-state index is 0.417. The molecule has 0 saturated carbocycles. The molecule has 0 aromatic heterocycles. The van der Waals surface area contributed by atoms with Gasteiger partial charge in [-0.3, -0.25) is 4.79 Å². The van der Waals surface area contributed by atoms with E-state index in [1.54, 1.807) is 11.9 Å². The Balaban J connectivity index is 2.26. The van der Waals surface area contributed by atoms with Gasteiger partial charge < -0.3 is 0 Å². The van der Waals surface area contributed by atoms with Crippen molar-refractivity contribution in [2.45, 2.75) is 12.8 Å². The zero-order valence-electron chi connectivity index (χ0n) is 5.59. The summed E-state index contributed by atoms with van der Waals surface area (Å²) in [5.41, 5.74) is 0. The van der Waals surface area contributed by atoms with Gasteiger partial charge >= 0.3 is 0 Å². The Labute approximate surface area is 59.7 Å². The maximum atomic E-state index is 10.7. The molecule has 1 saturated heterocycles. The van der Waals surface area contributed by atoms with E-state index in [1.165, 1.54) is 0 Å². The van der Waals surface area contributed by atoms with Gasteiger partial charge in [0.25, 0.3) is 0 Å². The van der Waals surface area contributed by atoms with E-state index < -0.39 is 0 Å². The van der Waals surface area contributed by atoms with Crippen LogP contribution in [0.4, 0.5) is 0 Å². The van der Waals surface area contributed by atoms with E-state index in [0.717, 1.165) is 25.9 Å². The van der Waals surface area contributed by atoms with Crippen LogP contribution in [0.15, 0.2) is 0 Å². The molecule has 0 amide bonds. The molecule has 1 rings (SSSR count). The zero-order valence-corrected chi connectivity index (χ0v) is 6.41. The molecule has 1 heterocycles. The first-order valence-electron chi connectivity index (χ1n) is 3.13. The van der Waals surface area contributed by atoms with E-state index in [-0.39, 0.29) is 0 Å². The fraction of sp³-hybridized carbons (Fsp3) is 0.833. The third kappa shape index (κ3) is 1.99. The molecular formula is C6H11NOS. The van der Waals surface area contributed by atoms with Gasteiger partial charge in [0.1, 0.15) is 5.78 Å². The highest BCUT2D eigenvalue weighted by atomic mass is 32.2. The lowest BCUT2D eigenvalue weighted by molar-refractivity contribution is -0.120. The van der Waals surface area contributed by atoms with Crippen LogP contribution in [-0.2, 0) is 4.79 Å². The van der Waals surface area contributed by atoms with Crippen LogP contribution < -0.4 is 0 Å². The molecule has 0 aromatic rings. The Morgan fingerprint density at radius 2 is 2.00 bits per heavy atom. The van der Waals surface area contributed by atoms with Gasteiger partial charge in [0.05, 0.1) is 0 Å². The van der Waals surface area contributed by atoms with Crippen LogP contribution in [0.5, 0.6) is 0 Å². The SMILES string of the molecule is CSN1CCC(=O)CC1. The maximum Gasteiger partial charge on any atom is 0.135 e. The van der Waals surface area contributed by atoms with Gasteiger partial charge in [-0.15, -0.1) is 0 Å². The largest absolute Gasteiger partial charge is 0.300 e. The number of hydrogen-bond donors (Lipinski definition) is 0. The number of carbonyl (C=O) groups excluding carboxylic acids is 1. The summed E-state index contributed by atoms with van der Waals surface area (Å²) < 4.78 is 2.22. The molecule has 0 unspecified atom stereocenters. The van der Waals surface area contributed by atoms with Gasteiger partial charge in [-0.25, -0.2) is 4.31 Å². The van der Waals surface area contributed by atoms with E-state index in [4.69, 9.17) is 0 Å². The Kier molecular flexibility index (Phi) is 2.54. The first-order valence-corrected chi connectivity index (χ1v) is 4.32. The van der Waals surface area contributed by atoms with Gasteiger partial charge in [0.15, 0.2) is 0 Å². The summed E-state index contributed by atoms with van der Waals surface area (Å²) in [5.74, 6) is 0.417. The molecule has 9 heavy (non-hydrogen) atoms. The topological polar surface area (TPSA) is 20.3 Å². The predicted octanol–water partition coefficient (Wildman–Crippen LogP) is 0.929. The summed E-state index contributed by atoms with van der Waals surface area (Å²) in [4.78, 5) is 10.7. The lowest BCUT2D eigenvalue weighted by atomic mass is 10.1. The number of ketones is 1. The molecule has 1 aliphatic rings. The Bertz CT molecular complexity index is 106. The fourth-order valence-corrected chi connectivity index (χ4v) is 1.47. The van der Waals surface area contributed by atoms with Gasteiger partial charge in [0, 0.05) is 25.9 Å². The Morgan fingerprint density at radius 3 is 2.44 bits per heavy atom. The molecule has 0 bridgehead atoms. The van der Waals surface area contributed by atoms with Crippen LogP contribution in [0, 0.1) is 0 Å². The average Bonchev–Trinajstić information content (AvgIpc) is 1.90. The first kappa shape index (κ1) is 7.09. The van der Waals surface area contributed by atoms with E-state index in [1.807, 2.05) is 0 Å². The van der Waals surface area contributed by atoms with Crippen molar-refractivity contribution in [2.24, 2.45) is 0 Å². The Hall–Kier alpha value is -0.0200. The van der Waals surface area contributed by atoms with Crippen molar-refractivity contribution in [2.75, 3.05) is 19.3 Å². The molecule has 0 radical (unpaired) electrons. The van der Waals surface area contributed by atoms with Crippen LogP contribution >= 0.6 is 11.9 Å². The third-order valence-electron chi connectivity index (χ3n) is 1.54. The van der Waals surface area contributed by atoms with Crippen molar-refractivity contribution in [1.29, 1.82) is 0 Å². The summed E-state index contributed by atoms with van der Waals surface area (Å²) in [6, 6.07) is 0. The van der Waals surface area contributed by atoms with Crippen molar-refractivity contribution in [3.63, 3.8) is 0 Å². The molecule has 1 fully saturated rings. The molecule has 0 spiro atoms. The van der Waals surface area contributed by atoms with Crippen molar-refractivity contribution in [3.8, 4) is 0 Å². The zero-order chi connectivity index (χ0) is 6.69. The second-order valence-corrected chi connectivity index (χ2v) is 3.03. The van der Waals surface area contributed by atoms with Gasteiger partial charge in [-0.2, -0.15) is 0 Å². The fourth-order valence-electron chi connectivity index (χ4n) is 0.918. The highest BCUT2D eigenvalue weighted by molar-refractivity contribution is 7.96. The molecule has 2 nitrogen and oxygen atoms in total.